The number of nitrogens with one attached hydrogen (secondary N) is 1. The van der Waals surface area contributed by atoms with Crippen LogP contribution >= 0.6 is 0 Å². The van der Waals surface area contributed by atoms with Crippen molar-refractivity contribution in [1.29, 1.82) is 0 Å². The molecule has 1 fully saturated rings. The molecule has 1 atom stereocenters. The third-order valence-corrected chi connectivity index (χ3v) is 4.15. The zero-order valence-electron chi connectivity index (χ0n) is 13.4. The number of hydrogen-bond donors (Lipinski definition) is 1. The Labute approximate surface area is 143 Å². The van der Waals surface area contributed by atoms with E-state index in [1.807, 2.05) is 0 Å². The van der Waals surface area contributed by atoms with Crippen molar-refractivity contribution in [2.75, 3.05) is 6.54 Å². The van der Waals surface area contributed by atoms with Gasteiger partial charge in [0.2, 0.25) is 5.91 Å². The number of hydrogen-bond acceptors (Lipinski definition) is 3. The molecule has 0 saturated carbocycles. The van der Waals surface area contributed by atoms with E-state index in [0.717, 1.165) is 12.1 Å². The second kappa shape index (κ2) is 7.38. The van der Waals surface area contributed by atoms with Crippen LogP contribution in [0.1, 0.15) is 28.8 Å². The maximum absolute atomic E-state index is 13.8. The lowest BCUT2D eigenvalue weighted by Crippen LogP contribution is -2.51. The highest BCUT2D eigenvalue weighted by atomic mass is 19.1. The van der Waals surface area contributed by atoms with Crippen molar-refractivity contribution in [3.05, 3.63) is 65.5 Å². The Morgan fingerprint density at radius 1 is 1.24 bits per heavy atom. The molecule has 3 rings (SSSR count). The van der Waals surface area contributed by atoms with Gasteiger partial charge in [-0.3, -0.25) is 14.6 Å². The van der Waals surface area contributed by atoms with Gasteiger partial charge in [0.25, 0.3) is 5.91 Å². The van der Waals surface area contributed by atoms with E-state index in [1.165, 1.54) is 23.4 Å². The van der Waals surface area contributed by atoms with Gasteiger partial charge in [-0.1, -0.05) is 6.07 Å². The molecule has 7 heteroatoms. The quantitative estimate of drug-likeness (QED) is 0.925. The summed E-state index contributed by atoms with van der Waals surface area (Å²) in [5.74, 6) is -1.96. The standard InChI is InChI=1S/C18H17F2N3O2/c19-14-4-3-13(15(20)10-14)11-23-9-1-2-16(18(23)25)22-17(24)12-5-7-21-8-6-12/h3-8,10,16H,1-2,9,11H2,(H,22,24)/t16-/m1/s1. The maximum atomic E-state index is 13.8. The van der Waals surface area contributed by atoms with E-state index < -0.39 is 17.7 Å². The molecule has 1 N–H and O–H groups in total. The van der Waals surface area contributed by atoms with Crippen molar-refractivity contribution >= 4 is 11.8 Å². The molecule has 0 spiro atoms. The van der Waals surface area contributed by atoms with Crippen LogP contribution in [0, 0.1) is 11.6 Å². The van der Waals surface area contributed by atoms with Gasteiger partial charge in [0.15, 0.2) is 0 Å². The lowest BCUT2D eigenvalue weighted by atomic mass is 10.0. The Kier molecular flexibility index (Phi) is 5.02. The number of likely N-dealkylation sites (tertiary alicyclic amines) is 1. The van der Waals surface area contributed by atoms with Gasteiger partial charge < -0.3 is 10.2 Å². The first-order chi connectivity index (χ1) is 12.0. The summed E-state index contributed by atoms with van der Waals surface area (Å²) in [5, 5.41) is 2.71. The lowest BCUT2D eigenvalue weighted by molar-refractivity contribution is -0.136. The second-order valence-corrected chi connectivity index (χ2v) is 5.90. The largest absolute Gasteiger partial charge is 0.340 e. The minimum atomic E-state index is -0.684. The summed E-state index contributed by atoms with van der Waals surface area (Å²) in [6.07, 6.45) is 4.22. The van der Waals surface area contributed by atoms with Crippen molar-refractivity contribution in [1.82, 2.24) is 15.2 Å². The molecule has 0 bridgehead atoms. The highest BCUT2D eigenvalue weighted by molar-refractivity contribution is 5.97. The van der Waals surface area contributed by atoms with Gasteiger partial charge in [0, 0.05) is 42.7 Å². The molecule has 5 nitrogen and oxygen atoms in total. The smallest absolute Gasteiger partial charge is 0.252 e. The van der Waals surface area contributed by atoms with E-state index in [9.17, 15) is 18.4 Å². The van der Waals surface area contributed by atoms with Crippen LogP contribution in [0.15, 0.2) is 42.7 Å². The van der Waals surface area contributed by atoms with Crippen molar-refractivity contribution in [3.63, 3.8) is 0 Å². The van der Waals surface area contributed by atoms with Crippen molar-refractivity contribution < 1.29 is 18.4 Å². The first-order valence-corrected chi connectivity index (χ1v) is 7.98. The molecular weight excluding hydrogens is 328 g/mol. The molecule has 130 valence electrons. The van der Waals surface area contributed by atoms with Crippen LogP contribution in [0.4, 0.5) is 8.78 Å². The summed E-state index contributed by atoms with van der Waals surface area (Å²) in [7, 11) is 0. The molecule has 1 aromatic heterocycles. The molecule has 1 aliphatic rings. The van der Waals surface area contributed by atoms with Crippen LogP contribution in [0.2, 0.25) is 0 Å². The summed E-state index contributed by atoms with van der Waals surface area (Å²) >= 11 is 0. The molecular formula is C18H17F2N3O2. The number of carbonyl (C=O) groups is 2. The minimum Gasteiger partial charge on any atom is -0.340 e. The normalized spacial score (nSPS) is 17.4. The van der Waals surface area contributed by atoms with Gasteiger partial charge in [0.05, 0.1) is 0 Å². The Hall–Kier alpha value is -2.83. The van der Waals surface area contributed by atoms with Gasteiger partial charge in [-0.2, -0.15) is 0 Å². The average Bonchev–Trinajstić information content (AvgIpc) is 2.61. The highest BCUT2D eigenvalue weighted by Gasteiger charge is 2.30. The number of carbonyl (C=O) groups excluding carboxylic acids is 2. The van der Waals surface area contributed by atoms with Gasteiger partial charge in [-0.15, -0.1) is 0 Å². The van der Waals surface area contributed by atoms with Crippen molar-refractivity contribution in [3.8, 4) is 0 Å². The van der Waals surface area contributed by atoms with E-state index in [0.29, 0.717) is 24.9 Å². The van der Waals surface area contributed by atoms with Crippen LogP contribution in [0.25, 0.3) is 0 Å². The van der Waals surface area contributed by atoms with Crippen LogP contribution in [-0.2, 0) is 11.3 Å². The SMILES string of the molecule is O=C(N[C@@H]1CCCN(Cc2ccc(F)cc2F)C1=O)c1ccncc1. The number of piperidine rings is 1. The average molecular weight is 345 g/mol. The fraction of sp³-hybridized carbons (Fsp3) is 0.278. The summed E-state index contributed by atoms with van der Waals surface area (Å²) < 4.78 is 26.8. The monoisotopic (exact) mass is 345 g/mol. The maximum Gasteiger partial charge on any atom is 0.252 e. The number of aromatic nitrogens is 1. The molecule has 25 heavy (non-hydrogen) atoms. The number of halogens is 2. The van der Waals surface area contributed by atoms with Crippen LogP contribution in [-0.4, -0.2) is 34.3 Å². The fourth-order valence-electron chi connectivity index (χ4n) is 2.83. The Balaban J connectivity index is 1.67. The minimum absolute atomic E-state index is 0.0482. The number of amides is 2. The van der Waals surface area contributed by atoms with Crippen molar-refractivity contribution in [2.45, 2.75) is 25.4 Å². The van der Waals surface area contributed by atoms with Crippen LogP contribution < -0.4 is 5.32 Å². The summed E-state index contributed by atoms with van der Waals surface area (Å²) in [5.41, 5.74) is 0.667. The van der Waals surface area contributed by atoms with E-state index in [2.05, 4.69) is 10.3 Å². The second-order valence-electron chi connectivity index (χ2n) is 5.90. The van der Waals surface area contributed by atoms with Gasteiger partial charge in [0.1, 0.15) is 17.7 Å². The fourth-order valence-corrected chi connectivity index (χ4v) is 2.83. The van der Waals surface area contributed by atoms with E-state index in [-0.39, 0.29) is 23.9 Å². The number of rotatable bonds is 4. The third kappa shape index (κ3) is 3.99. The summed E-state index contributed by atoms with van der Waals surface area (Å²) in [6.45, 7) is 0.518. The van der Waals surface area contributed by atoms with Gasteiger partial charge in [-0.05, 0) is 31.0 Å². The van der Waals surface area contributed by atoms with Gasteiger partial charge >= 0.3 is 0 Å². The van der Waals surface area contributed by atoms with Crippen LogP contribution in [0.5, 0.6) is 0 Å². The summed E-state index contributed by atoms with van der Waals surface area (Å²) in [6, 6.07) is 5.76. The zero-order valence-corrected chi connectivity index (χ0v) is 13.4. The van der Waals surface area contributed by atoms with Crippen molar-refractivity contribution in [2.24, 2.45) is 0 Å². The molecule has 2 amide bonds. The van der Waals surface area contributed by atoms with Crippen LogP contribution in [0.3, 0.4) is 0 Å². The Morgan fingerprint density at radius 2 is 2.00 bits per heavy atom. The molecule has 0 aliphatic carbocycles. The highest BCUT2D eigenvalue weighted by Crippen LogP contribution is 2.18. The number of pyridine rings is 1. The molecule has 2 heterocycles. The van der Waals surface area contributed by atoms with E-state index in [4.69, 9.17) is 0 Å². The molecule has 1 aliphatic heterocycles. The zero-order chi connectivity index (χ0) is 17.8. The Bertz CT molecular complexity index is 783. The first kappa shape index (κ1) is 17.0. The molecule has 1 saturated heterocycles. The van der Waals surface area contributed by atoms with Gasteiger partial charge in [-0.25, -0.2) is 8.78 Å². The number of benzene rings is 1. The molecule has 0 unspecified atom stereocenters. The third-order valence-electron chi connectivity index (χ3n) is 4.15. The van der Waals surface area contributed by atoms with E-state index >= 15 is 0 Å². The Morgan fingerprint density at radius 3 is 2.72 bits per heavy atom. The van der Waals surface area contributed by atoms with E-state index in [1.54, 1.807) is 12.1 Å². The lowest BCUT2D eigenvalue weighted by Gasteiger charge is -2.32. The first-order valence-electron chi connectivity index (χ1n) is 7.98. The summed E-state index contributed by atoms with van der Waals surface area (Å²) in [4.78, 5) is 30.1. The predicted octanol–water partition coefficient (Wildman–Crippen LogP) is 2.28. The topological polar surface area (TPSA) is 62.3 Å². The predicted molar refractivity (Wildman–Crippen MR) is 86.5 cm³/mol. The molecule has 1 aromatic carbocycles. The number of nitrogens with zero attached hydrogens (tertiary/aromatic N) is 2. The molecule has 2 aromatic rings. The molecule has 0 radical (unpaired) electrons.